The molecule has 1 N–H and O–H groups in total. The molecule has 1 aliphatic heterocycles. The van der Waals surface area contributed by atoms with Gasteiger partial charge in [-0.2, -0.15) is 0 Å². The smallest absolute Gasteiger partial charge is 0.271 e. The van der Waals surface area contributed by atoms with Gasteiger partial charge in [-0.25, -0.2) is 4.98 Å². The van der Waals surface area contributed by atoms with Crippen LogP contribution < -0.4 is 5.32 Å². The maximum Gasteiger partial charge on any atom is 0.271 e. The quantitative estimate of drug-likeness (QED) is 0.905. The molecule has 5 heteroatoms. The molecule has 0 bridgehead atoms. The maximum atomic E-state index is 11.9. The first-order valence-electron chi connectivity index (χ1n) is 7.34. The Balaban J connectivity index is 1.75. The molecule has 0 radical (unpaired) electrons. The fourth-order valence-electron chi connectivity index (χ4n) is 2.90. The number of amides is 1. The average molecular weight is 276 g/mol. The van der Waals surface area contributed by atoms with E-state index in [9.17, 15) is 4.79 Å². The van der Waals surface area contributed by atoms with Gasteiger partial charge in [-0.3, -0.25) is 9.78 Å². The van der Waals surface area contributed by atoms with Crippen LogP contribution in [-0.4, -0.2) is 47.0 Å². The van der Waals surface area contributed by atoms with Crippen molar-refractivity contribution in [2.45, 2.75) is 27.2 Å². The summed E-state index contributed by atoms with van der Waals surface area (Å²) in [5.41, 5.74) is 1.20. The van der Waals surface area contributed by atoms with E-state index in [0.717, 1.165) is 37.2 Å². The molecular weight excluding hydrogens is 252 g/mol. The molecule has 0 aromatic carbocycles. The Hall–Kier alpha value is -1.49. The predicted octanol–water partition coefficient (Wildman–Crippen LogP) is 1.49. The average Bonchev–Trinajstić information content (AvgIpc) is 2.38. The zero-order valence-corrected chi connectivity index (χ0v) is 12.6. The Kier molecular flexibility index (Phi) is 5.06. The minimum absolute atomic E-state index is 0.143. The predicted molar refractivity (Wildman–Crippen MR) is 78.5 cm³/mol. The van der Waals surface area contributed by atoms with E-state index in [1.54, 1.807) is 6.20 Å². The fraction of sp³-hybridized carbons (Fsp3) is 0.667. The summed E-state index contributed by atoms with van der Waals surface area (Å²) in [6.07, 6.45) is 4.44. The number of hydrogen-bond acceptors (Lipinski definition) is 4. The highest BCUT2D eigenvalue weighted by Gasteiger charge is 2.21. The van der Waals surface area contributed by atoms with Crippen LogP contribution in [0.25, 0.3) is 0 Å². The van der Waals surface area contributed by atoms with Crippen molar-refractivity contribution in [1.29, 1.82) is 0 Å². The van der Waals surface area contributed by atoms with Crippen LogP contribution in [-0.2, 0) is 0 Å². The Bertz CT molecular complexity index is 436. The molecule has 2 atom stereocenters. The van der Waals surface area contributed by atoms with E-state index in [1.165, 1.54) is 12.6 Å². The van der Waals surface area contributed by atoms with E-state index >= 15 is 0 Å². The summed E-state index contributed by atoms with van der Waals surface area (Å²) < 4.78 is 0. The summed E-state index contributed by atoms with van der Waals surface area (Å²) in [7, 11) is 0. The zero-order chi connectivity index (χ0) is 14.5. The lowest BCUT2D eigenvalue weighted by Crippen LogP contribution is -2.43. The molecule has 1 amide bonds. The summed E-state index contributed by atoms with van der Waals surface area (Å²) in [5, 5.41) is 2.91. The van der Waals surface area contributed by atoms with Gasteiger partial charge in [0.1, 0.15) is 5.69 Å². The van der Waals surface area contributed by atoms with Crippen LogP contribution in [0.3, 0.4) is 0 Å². The zero-order valence-electron chi connectivity index (χ0n) is 12.6. The van der Waals surface area contributed by atoms with Crippen molar-refractivity contribution < 1.29 is 4.79 Å². The third-order valence-electron chi connectivity index (χ3n) is 3.67. The van der Waals surface area contributed by atoms with Gasteiger partial charge in [0.25, 0.3) is 5.91 Å². The molecule has 20 heavy (non-hydrogen) atoms. The Morgan fingerprint density at radius 1 is 1.30 bits per heavy atom. The molecule has 110 valence electrons. The highest BCUT2D eigenvalue weighted by molar-refractivity contribution is 5.91. The SMILES string of the molecule is Cc1cnc(C(=O)NCCN2C[C@H](C)C[C@H](C)C2)cn1. The van der Waals surface area contributed by atoms with Crippen LogP contribution in [0.15, 0.2) is 12.4 Å². The minimum Gasteiger partial charge on any atom is -0.349 e. The van der Waals surface area contributed by atoms with Crippen LogP contribution in [0.5, 0.6) is 0 Å². The molecule has 0 unspecified atom stereocenters. The molecular formula is C15H24N4O. The second kappa shape index (κ2) is 6.79. The molecule has 0 aliphatic carbocycles. The van der Waals surface area contributed by atoms with Crippen molar-refractivity contribution in [3.8, 4) is 0 Å². The Morgan fingerprint density at radius 2 is 2.00 bits per heavy atom. The van der Waals surface area contributed by atoms with Gasteiger partial charge in [0.05, 0.1) is 11.9 Å². The molecule has 1 saturated heterocycles. The fourth-order valence-corrected chi connectivity index (χ4v) is 2.90. The van der Waals surface area contributed by atoms with Crippen molar-refractivity contribution in [1.82, 2.24) is 20.2 Å². The third kappa shape index (κ3) is 4.27. The first-order chi connectivity index (χ1) is 9.54. The molecule has 2 heterocycles. The number of carbonyl (C=O) groups excluding carboxylic acids is 1. The highest BCUT2D eigenvalue weighted by atomic mass is 16.1. The van der Waals surface area contributed by atoms with Crippen LogP contribution in [0, 0.1) is 18.8 Å². The van der Waals surface area contributed by atoms with E-state index in [4.69, 9.17) is 0 Å². The normalized spacial score (nSPS) is 23.6. The van der Waals surface area contributed by atoms with Crippen LogP contribution >= 0.6 is 0 Å². The van der Waals surface area contributed by atoms with Crippen molar-refractivity contribution in [3.05, 3.63) is 23.8 Å². The lowest BCUT2D eigenvalue weighted by atomic mass is 9.92. The van der Waals surface area contributed by atoms with E-state index in [2.05, 4.69) is 34.0 Å². The van der Waals surface area contributed by atoms with Gasteiger partial charge in [-0.1, -0.05) is 13.8 Å². The maximum absolute atomic E-state index is 11.9. The number of aromatic nitrogens is 2. The second-order valence-corrected chi connectivity index (χ2v) is 6.00. The summed E-state index contributed by atoms with van der Waals surface area (Å²) in [5.74, 6) is 1.35. The summed E-state index contributed by atoms with van der Waals surface area (Å²) in [6.45, 7) is 10.3. The minimum atomic E-state index is -0.143. The van der Waals surface area contributed by atoms with Crippen LogP contribution in [0.1, 0.15) is 36.5 Å². The van der Waals surface area contributed by atoms with E-state index in [-0.39, 0.29) is 5.91 Å². The molecule has 0 saturated carbocycles. The van der Waals surface area contributed by atoms with Crippen LogP contribution in [0.4, 0.5) is 0 Å². The Labute approximate surface area is 120 Å². The summed E-state index contributed by atoms with van der Waals surface area (Å²) >= 11 is 0. The first kappa shape index (κ1) is 14.9. The van der Waals surface area contributed by atoms with E-state index in [0.29, 0.717) is 12.2 Å². The van der Waals surface area contributed by atoms with Gasteiger partial charge in [0.15, 0.2) is 0 Å². The summed E-state index contributed by atoms with van der Waals surface area (Å²) in [6, 6.07) is 0. The monoisotopic (exact) mass is 276 g/mol. The van der Waals surface area contributed by atoms with Crippen molar-refractivity contribution in [3.63, 3.8) is 0 Å². The van der Waals surface area contributed by atoms with Gasteiger partial charge >= 0.3 is 0 Å². The summed E-state index contributed by atoms with van der Waals surface area (Å²) in [4.78, 5) is 22.5. The topological polar surface area (TPSA) is 58.1 Å². The number of piperidine rings is 1. The van der Waals surface area contributed by atoms with Gasteiger partial charge in [0, 0.05) is 32.4 Å². The third-order valence-corrected chi connectivity index (χ3v) is 3.67. The number of aryl methyl sites for hydroxylation is 1. The Morgan fingerprint density at radius 3 is 2.60 bits per heavy atom. The number of carbonyl (C=O) groups is 1. The number of hydrogen-bond donors (Lipinski definition) is 1. The number of nitrogens with zero attached hydrogens (tertiary/aromatic N) is 3. The van der Waals surface area contributed by atoms with Gasteiger partial charge in [0.2, 0.25) is 0 Å². The highest BCUT2D eigenvalue weighted by Crippen LogP contribution is 2.20. The molecule has 1 aromatic heterocycles. The van der Waals surface area contributed by atoms with Gasteiger partial charge in [-0.15, -0.1) is 0 Å². The largest absolute Gasteiger partial charge is 0.349 e. The lowest BCUT2D eigenvalue weighted by Gasteiger charge is -2.34. The van der Waals surface area contributed by atoms with Gasteiger partial charge < -0.3 is 10.2 Å². The first-order valence-corrected chi connectivity index (χ1v) is 7.34. The molecule has 2 rings (SSSR count). The lowest BCUT2D eigenvalue weighted by molar-refractivity contribution is 0.0931. The standard InChI is InChI=1S/C15H24N4O/c1-11-6-12(2)10-19(9-11)5-4-16-15(20)14-8-17-13(3)7-18-14/h7-8,11-12H,4-6,9-10H2,1-3H3,(H,16,20)/t11-,12+. The molecule has 1 aliphatic rings. The van der Waals surface area contributed by atoms with E-state index in [1.807, 2.05) is 6.92 Å². The van der Waals surface area contributed by atoms with Crippen molar-refractivity contribution >= 4 is 5.91 Å². The molecule has 1 aromatic rings. The molecule has 0 spiro atoms. The molecule has 5 nitrogen and oxygen atoms in total. The molecule has 1 fully saturated rings. The van der Waals surface area contributed by atoms with Crippen molar-refractivity contribution in [2.24, 2.45) is 11.8 Å². The number of nitrogens with one attached hydrogen (secondary N) is 1. The van der Waals surface area contributed by atoms with Crippen LogP contribution in [0.2, 0.25) is 0 Å². The van der Waals surface area contributed by atoms with Gasteiger partial charge in [-0.05, 0) is 25.2 Å². The second-order valence-electron chi connectivity index (χ2n) is 6.00. The van der Waals surface area contributed by atoms with Crippen molar-refractivity contribution in [2.75, 3.05) is 26.2 Å². The van der Waals surface area contributed by atoms with E-state index < -0.39 is 0 Å². The number of rotatable bonds is 4. The number of likely N-dealkylation sites (tertiary alicyclic amines) is 1.